The number of ketones is 2. The highest BCUT2D eigenvalue weighted by Gasteiger charge is 2.65. The van der Waals surface area contributed by atoms with Gasteiger partial charge in [0.25, 0.3) is 0 Å². The number of hydrogen-bond donors (Lipinski definition) is 1. The van der Waals surface area contributed by atoms with Crippen LogP contribution < -0.4 is 9.47 Å². The number of rotatable bonds is 5. The summed E-state index contributed by atoms with van der Waals surface area (Å²) in [5.41, 5.74) is 1.73. The van der Waals surface area contributed by atoms with Crippen molar-refractivity contribution in [2.45, 2.75) is 24.2 Å². The first-order valence-electron chi connectivity index (χ1n) is 15.1. The molecule has 8 heteroatoms. The number of carbonyl (C=O) groups is 4. The lowest BCUT2D eigenvalue weighted by atomic mass is 9.44. The molecular formula is C37H33NO7. The number of phenols is 1. The molecule has 7 rings (SSSR count). The number of nitrogens with zero attached hydrogens (tertiary/aromatic N) is 1. The van der Waals surface area contributed by atoms with Crippen molar-refractivity contribution < 1.29 is 33.8 Å². The summed E-state index contributed by atoms with van der Waals surface area (Å²) in [6, 6.07) is 21.9. The highest BCUT2D eigenvalue weighted by molar-refractivity contribution is 6.31. The van der Waals surface area contributed by atoms with Gasteiger partial charge < -0.3 is 14.6 Å². The molecule has 6 atom stereocenters. The number of fused-ring (bicyclic) bond motifs is 4. The molecule has 1 heterocycles. The predicted molar refractivity (Wildman–Crippen MR) is 166 cm³/mol. The maximum Gasteiger partial charge on any atom is 0.233 e. The van der Waals surface area contributed by atoms with Crippen LogP contribution in [0.1, 0.15) is 35.4 Å². The third kappa shape index (κ3) is 3.97. The molecule has 0 aromatic heterocycles. The molecule has 8 nitrogen and oxygen atoms in total. The molecule has 2 amide bonds. The molecule has 0 unspecified atom stereocenters. The molecular weight excluding hydrogens is 570 g/mol. The number of aromatic hydroxyl groups is 1. The smallest absolute Gasteiger partial charge is 0.233 e. The van der Waals surface area contributed by atoms with E-state index < -0.39 is 35.0 Å². The summed E-state index contributed by atoms with van der Waals surface area (Å²) in [5.74, 6) is -3.97. The second-order valence-electron chi connectivity index (χ2n) is 12.3. The van der Waals surface area contributed by atoms with E-state index in [1.54, 1.807) is 12.1 Å². The van der Waals surface area contributed by atoms with Gasteiger partial charge in [0.05, 0.1) is 31.5 Å². The molecule has 0 bridgehead atoms. The number of methoxy groups -OCH3 is 2. The summed E-state index contributed by atoms with van der Waals surface area (Å²) in [6.07, 6.45) is 4.05. The van der Waals surface area contributed by atoms with E-state index in [2.05, 4.69) is 0 Å². The average molecular weight is 604 g/mol. The number of hydrogen-bond acceptors (Lipinski definition) is 7. The summed E-state index contributed by atoms with van der Waals surface area (Å²) in [6.45, 7) is 0. The first-order valence-corrected chi connectivity index (χ1v) is 15.1. The Balaban J connectivity index is 1.55. The van der Waals surface area contributed by atoms with Crippen LogP contribution in [-0.2, 0) is 24.6 Å². The number of Topliss-reactive ketones (excluding diaryl/α,β-unsaturated/α-hetero) is 1. The van der Waals surface area contributed by atoms with Crippen molar-refractivity contribution in [2.24, 2.45) is 23.7 Å². The maximum absolute atomic E-state index is 15.0. The third-order valence-electron chi connectivity index (χ3n) is 10.4. The Bertz CT molecular complexity index is 1790. The Morgan fingerprint density at radius 2 is 1.47 bits per heavy atom. The molecule has 3 aromatic carbocycles. The fourth-order valence-corrected chi connectivity index (χ4v) is 8.49. The fraction of sp³-hybridized carbons (Fsp3) is 0.297. The van der Waals surface area contributed by atoms with E-state index in [0.29, 0.717) is 28.7 Å². The molecule has 228 valence electrons. The molecule has 2 fully saturated rings. The van der Waals surface area contributed by atoms with Gasteiger partial charge in [0.2, 0.25) is 17.6 Å². The zero-order valence-electron chi connectivity index (χ0n) is 25.2. The molecule has 3 aliphatic carbocycles. The summed E-state index contributed by atoms with van der Waals surface area (Å²) in [5, 5.41) is 10.8. The molecule has 1 N–H and O–H groups in total. The highest BCUT2D eigenvalue weighted by Crippen LogP contribution is 2.64. The summed E-state index contributed by atoms with van der Waals surface area (Å²) >= 11 is 0. The third-order valence-corrected chi connectivity index (χ3v) is 10.4. The Morgan fingerprint density at radius 1 is 0.844 bits per heavy atom. The number of carbonyl (C=O) groups excluding carboxylic acids is 4. The zero-order chi connectivity index (χ0) is 31.6. The Hall–Kier alpha value is -4.98. The normalized spacial score (nSPS) is 29.0. The monoisotopic (exact) mass is 603 g/mol. The first-order chi connectivity index (χ1) is 21.7. The minimum absolute atomic E-state index is 0.155. The van der Waals surface area contributed by atoms with Gasteiger partial charge in [-0.3, -0.25) is 24.1 Å². The van der Waals surface area contributed by atoms with Gasteiger partial charge in [0.15, 0.2) is 23.1 Å². The molecule has 1 aliphatic heterocycles. The lowest BCUT2D eigenvalue weighted by Gasteiger charge is -2.55. The summed E-state index contributed by atoms with van der Waals surface area (Å²) in [4.78, 5) is 57.9. The van der Waals surface area contributed by atoms with Gasteiger partial charge in [0, 0.05) is 24.5 Å². The molecule has 0 spiro atoms. The van der Waals surface area contributed by atoms with Gasteiger partial charge in [-0.25, -0.2) is 0 Å². The van der Waals surface area contributed by atoms with Gasteiger partial charge in [-0.2, -0.15) is 0 Å². The van der Waals surface area contributed by atoms with Crippen molar-refractivity contribution >= 4 is 29.0 Å². The van der Waals surface area contributed by atoms with Crippen LogP contribution in [0.5, 0.6) is 17.2 Å². The average Bonchev–Trinajstić information content (AvgIpc) is 3.29. The van der Waals surface area contributed by atoms with Crippen LogP contribution in [0.25, 0.3) is 5.57 Å². The van der Waals surface area contributed by atoms with Gasteiger partial charge in [-0.1, -0.05) is 72.3 Å². The molecule has 1 saturated heterocycles. The molecule has 1 saturated carbocycles. The predicted octanol–water partition coefficient (Wildman–Crippen LogP) is 4.86. The SMILES string of the molecule is COc1cc([C@H]2C3=CC[C@@H]4C(=O)N(C)C(=O)[C@@H]4[C@@H]3C[C@H]3C(=O)C(c4ccccc4)=CC(=O)[C@@]23c2ccccc2)cc(OC)c1O. The fourth-order valence-electron chi connectivity index (χ4n) is 8.49. The van der Waals surface area contributed by atoms with Crippen LogP contribution in [0.2, 0.25) is 0 Å². The van der Waals surface area contributed by atoms with E-state index >= 15 is 4.79 Å². The van der Waals surface area contributed by atoms with Crippen LogP contribution in [0, 0.1) is 23.7 Å². The van der Waals surface area contributed by atoms with E-state index in [1.165, 1.54) is 32.2 Å². The Morgan fingerprint density at radius 3 is 2.09 bits per heavy atom. The van der Waals surface area contributed by atoms with Gasteiger partial charge in [-0.05, 0) is 53.7 Å². The van der Waals surface area contributed by atoms with Crippen LogP contribution in [-0.4, -0.2) is 54.7 Å². The summed E-state index contributed by atoms with van der Waals surface area (Å²) < 4.78 is 11.1. The van der Waals surface area contributed by atoms with Crippen LogP contribution in [0.4, 0.5) is 0 Å². The number of allylic oxidation sites excluding steroid dienone is 4. The largest absolute Gasteiger partial charge is 0.502 e. The minimum atomic E-state index is -1.38. The first kappa shape index (κ1) is 28.8. The zero-order valence-corrected chi connectivity index (χ0v) is 25.2. The van der Waals surface area contributed by atoms with E-state index in [4.69, 9.17) is 9.47 Å². The second kappa shape index (κ2) is 10.6. The highest BCUT2D eigenvalue weighted by atomic mass is 16.5. The van der Waals surface area contributed by atoms with Crippen molar-refractivity contribution in [1.29, 1.82) is 0 Å². The van der Waals surface area contributed by atoms with Crippen molar-refractivity contribution in [2.75, 3.05) is 21.3 Å². The van der Waals surface area contributed by atoms with Gasteiger partial charge in [-0.15, -0.1) is 0 Å². The van der Waals surface area contributed by atoms with Crippen LogP contribution >= 0.6 is 0 Å². The maximum atomic E-state index is 15.0. The van der Waals surface area contributed by atoms with E-state index in [9.17, 15) is 19.5 Å². The van der Waals surface area contributed by atoms with Crippen molar-refractivity contribution in [3.8, 4) is 17.2 Å². The van der Waals surface area contributed by atoms with Crippen molar-refractivity contribution in [1.82, 2.24) is 4.90 Å². The number of amides is 2. The number of ether oxygens (including phenoxy) is 2. The van der Waals surface area contributed by atoms with Crippen LogP contribution in [0.15, 0.2) is 90.5 Å². The lowest BCUT2D eigenvalue weighted by molar-refractivity contribution is -0.139. The van der Waals surface area contributed by atoms with Crippen LogP contribution in [0.3, 0.4) is 0 Å². The Labute approximate surface area is 261 Å². The number of likely N-dealkylation sites (tertiary alicyclic amines) is 1. The topological polar surface area (TPSA) is 110 Å². The van der Waals surface area contributed by atoms with E-state index in [1.807, 2.05) is 66.7 Å². The van der Waals surface area contributed by atoms with Gasteiger partial charge in [0.1, 0.15) is 0 Å². The standard InChI is InChI=1S/C37H33NO7/c1-38-35(42)24-15-14-23-26(31(24)36(38)43)18-27-33(40)25(20-10-6-4-7-11-20)19-30(39)37(27,22-12-8-5-9-13-22)32(23)21-16-28(44-2)34(41)29(17-21)45-3/h4-14,16-17,19,24,26-27,31-32,41H,15,18H2,1-3H3/t24-,26+,27-,31-,32-,37-/m0/s1. The lowest BCUT2D eigenvalue weighted by Crippen LogP contribution is -2.58. The van der Waals surface area contributed by atoms with Gasteiger partial charge >= 0.3 is 0 Å². The van der Waals surface area contributed by atoms with E-state index in [-0.39, 0.29) is 47.1 Å². The number of benzene rings is 3. The number of phenolic OH excluding ortho intramolecular Hbond substituents is 1. The van der Waals surface area contributed by atoms with E-state index in [0.717, 1.165) is 5.57 Å². The Kier molecular flexibility index (Phi) is 6.76. The minimum Gasteiger partial charge on any atom is -0.502 e. The summed E-state index contributed by atoms with van der Waals surface area (Å²) in [7, 11) is 4.38. The molecule has 0 radical (unpaired) electrons. The second-order valence-corrected chi connectivity index (χ2v) is 12.3. The quantitative estimate of drug-likeness (QED) is 0.328. The molecule has 3 aromatic rings. The van der Waals surface area contributed by atoms with Crippen molar-refractivity contribution in [3.63, 3.8) is 0 Å². The number of imide groups is 1. The van der Waals surface area contributed by atoms with Crippen molar-refractivity contribution in [3.05, 3.63) is 107 Å². The molecule has 45 heavy (non-hydrogen) atoms. The molecule has 4 aliphatic rings.